The number of benzene rings is 1. The molecule has 1 aromatic rings. The Morgan fingerprint density at radius 2 is 2.17 bits per heavy atom. The van der Waals surface area contributed by atoms with Crippen LogP contribution in [0.1, 0.15) is 0 Å². The average molecular weight is 347 g/mol. The third-order valence-corrected chi connectivity index (χ3v) is 3.86. The van der Waals surface area contributed by atoms with Crippen LogP contribution in [0, 0.1) is 0 Å². The van der Waals surface area contributed by atoms with Crippen LogP contribution >= 0.6 is 0 Å². The fraction of sp³-hybridized carbons (Fsp3) is 0. The zero-order valence-corrected chi connectivity index (χ0v) is 12.2. The van der Waals surface area contributed by atoms with Gasteiger partial charge in [-0.2, -0.15) is 0 Å². The summed E-state index contributed by atoms with van der Waals surface area (Å²) in [5.41, 5.74) is 0.922. The first-order valence-corrected chi connectivity index (χ1v) is 6.33. The second-order valence-corrected chi connectivity index (χ2v) is 5.31. The number of nitrogens with one attached hydrogen (secondary N) is 1. The third-order valence-electron chi connectivity index (χ3n) is 1.46. The van der Waals surface area contributed by atoms with Crippen LogP contribution in [0.4, 0.5) is 5.69 Å². The number of hydrogen-bond acceptors (Lipinski definition) is 1. The maximum atomic E-state index is 10.9. The monoisotopic (exact) mass is 348 g/mol. The molecule has 0 bridgehead atoms. The summed E-state index contributed by atoms with van der Waals surface area (Å²) < 4.78 is 1.24. The molecule has 0 aliphatic carbocycles. The van der Waals surface area contributed by atoms with Crippen molar-refractivity contribution in [2.75, 3.05) is 5.32 Å². The molecule has 0 atom stereocenters. The van der Waals surface area contributed by atoms with Gasteiger partial charge in [-0.1, -0.05) is 0 Å². The second-order valence-electron chi connectivity index (χ2n) is 2.35. The molecule has 0 unspecified atom stereocenters. The van der Waals surface area contributed by atoms with Crippen molar-refractivity contribution >= 4 is 14.7 Å². The van der Waals surface area contributed by atoms with Crippen molar-refractivity contribution in [1.82, 2.24) is 0 Å². The minimum absolute atomic E-state index is 0.145. The Labute approximate surface area is 87.6 Å². The Morgan fingerprint density at radius 1 is 1.50 bits per heavy atom. The van der Waals surface area contributed by atoms with Crippen molar-refractivity contribution in [3.8, 4) is 0 Å². The maximum absolute atomic E-state index is 10.9. The topological polar surface area (TPSA) is 29.1 Å². The molecule has 57 valence electrons. The number of amides is 1. The van der Waals surface area contributed by atoms with Gasteiger partial charge < -0.3 is 0 Å². The van der Waals surface area contributed by atoms with Crippen molar-refractivity contribution in [3.05, 3.63) is 36.9 Å². The van der Waals surface area contributed by atoms with Gasteiger partial charge in [-0.3, -0.25) is 0 Å². The average Bonchev–Trinajstić information content (AvgIpc) is 2.09. The molecule has 0 radical (unpaired) electrons. The first kappa shape index (κ1) is 9.45. The van der Waals surface area contributed by atoms with Crippen molar-refractivity contribution in [1.29, 1.82) is 0 Å². The number of rotatable bonds is 2. The van der Waals surface area contributed by atoms with Crippen LogP contribution in [-0.2, 0) is 30.9 Å². The van der Waals surface area contributed by atoms with Crippen molar-refractivity contribution < 1.29 is 30.9 Å². The molecule has 0 fully saturated rings. The Balaban J connectivity index is 2.82. The van der Waals surface area contributed by atoms with E-state index in [0.29, 0.717) is 26.1 Å². The van der Waals surface area contributed by atoms with Crippen LogP contribution in [0.5, 0.6) is 0 Å². The SMILES string of the molecule is C=CC(=O)Nc1cccc[c]1[Hg]. The van der Waals surface area contributed by atoms with Crippen LogP contribution in [0.2, 0.25) is 0 Å². The van der Waals surface area contributed by atoms with Gasteiger partial charge in [-0.15, -0.1) is 0 Å². The Kier molecular flexibility index (Phi) is 3.47. The van der Waals surface area contributed by atoms with Gasteiger partial charge in [0.1, 0.15) is 0 Å². The zero-order chi connectivity index (χ0) is 8.97. The molecular weight excluding hydrogens is 339 g/mol. The van der Waals surface area contributed by atoms with Gasteiger partial charge in [0, 0.05) is 0 Å². The zero-order valence-electron chi connectivity index (χ0n) is 6.71. The van der Waals surface area contributed by atoms with E-state index in [1.54, 1.807) is 0 Å². The van der Waals surface area contributed by atoms with Gasteiger partial charge in [-0.25, -0.2) is 0 Å². The molecule has 0 saturated carbocycles. The molecule has 1 rings (SSSR count). The van der Waals surface area contributed by atoms with Crippen LogP contribution in [0.15, 0.2) is 36.9 Å². The summed E-state index contributed by atoms with van der Waals surface area (Å²) >= 11 is 0.531. The van der Waals surface area contributed by atoms with Gasteiger partial charge in [0.2, 0.25) is 0 Å². The van der Waals surface area contributed by atoms with E-state index in [1.165, 1.54) is 9.15 Å². The fourth-order valence-electron chi connectivity index (χ4n) is 0.826. The van der Waals surface area contributed by atoms with Crippen LogP contribution in [0.25, 0.3) is 0 Å². The Hall–Kier alpha value is -0.635. The molecule has 0 spiro atoms. The van der Waals surface area contributed by atoms with Crippen molar-refractivity contribution in [2.24, 2.45) is 0 Å². The van der Waals surface area contributed by atoms with E-state index in [1.807, 2.05) is 24.3 Å². The number of para-hydroxylation sites is 1. The predicted molar refractivity (Wildman–Crippen MR) is 44.9 cm³/mol. The number of carbonyl (C=O) groups excluding carboxylic acids is 1. The summed E-state index contributed by atoms with van der Waals surface area (Å²) in [5, 5.41) is 2.75. The second kappa shape index (κ2) is 4.41. The van der Waals surface area contributed by atoms with Crippen molar-refractivity contribution in [3.63, 3.8) is 0 Å². The Bertz CT molecular complexity index is 309. The van der Waals surface area contributed by atoms with E-state index in [2.05, 4.69) is 11.9 Å². The molecule has 3 heteroatoms. The molecule has 0 aromatic heterocycles. The van der Waals surface area contributed by atoms with Gasteiger partial charge in [0.05, 0.1) is 0 Å². The molecule has 0 aliphatic rings. The summed E-state index contributed by atoms with van der Waals surface area (Å²) in [6.45, 7) is 3.39. The summed E-state index contributed by atoms with van der Waals surface area (Å²) in [6.07, 6.45) is 1.28. The normalized spacial score (nSPS) is 9.17. The molecule has 1 aromatic carbocycles. The number of anilines is 1. The first-order chi connectivity index (χ1) is 5.74. The van der Waals surface area contributed by atoms with Crippen LogP contribution in [-0.4, -0.2) is 5.91 Å². The number of carbonyl (C=O) groups is 1. The quantitative estimate of drug-likeness (QED) is 0.628. The van der Waals surface area contributed by atoms with E-state index < -0.39 is 0 Å². The Morgan fingerprint density at radius 3 is 2.75 bits per heavy atom. The fourth-order valence-corrected chi connectivity index (χ4v) is 2.16. The molecule has 0 aliphatic heterocycles. The third kappa shape index (κ3) is 2.45. The van der Waals surface area contributed by atoms with Gasteiger partial charge >= 0.3 is 87.8 Å². The van der Waals surface area contributed by atoms with Gasteiger partial charge in [0.25, 0.3) is 0 Å². The molecule has 0 saturated heterocycles. The van der Waals surface area contributed by atoms with E-state index in [4.69, 9.17) is 0 Å². The van der Waals surface area contributed by atoms with Crippen molar-refractivity contribution in [2.45, 2.75) is 0 Å². The summed E-state index contributed by atoms with van der Waals surface area (Å²) in [5.74, 6) is -0.145. The molecule has 1 amide bonds. The van der Waals surface area contributed by atoms with Crippen LogP contribution < -0.4 is 8.39 Å². The first-order valence-electron chi connectivity index (χ1n) is 3.58. The van der Waals surface area contributed by atoms with Gasteiger partial charge in [0.15, 0.2) is 0 Å². The molecule has 2 nitrogen and oxygen atoms in total. The molecule has 1 N–H and O–H groups in total. The summed E-state index contributed by atoms with van der Waals surface area (Å²) in [6, 6.07) is 7.83. The van der Waals surface area contributed by atoms with Gasteiger partial charge in [-0.05, 0) is 0 Å². The predicted octanol–water partition coefficient (Wildman–Crippen LogP) is 0.983. The van der Waals surface area contributed by atoms with Crippen LogP contribution in [0.3, 0.4) is 0 Å². The number of hydrogen-bond donors (Lipinski definition) is 1. The molecular formula is C9H8HgNO. The van der Waals surface area contributed by atoms with E-state index >= 15 is 0 Å². The molecule has 12 heavy (non-hydrogen) atoms. The minimum atomic E-state index is -0.145. The van der Waals surface area contributed by atoms with E-state index in [0.717, 1.165) is 5.69 Å². The van der Waals surface area contributed by atoms with E-state index in [9.17, 15) is 4.79 Å². The summed E-state index contributed by atoms with van der Waals surface area (Å²) in [7, 11) is 0. The molecule has 0 heterocycles. The summed E-state index contributed by atoms with van der Waals surface area (Å²) in [4.78, 5) is 10.9. The standard InChI is InChI=1S/C9H8NO.Hg/c1-2-9(11)10-8-6-4-3-5-7-8;/h2-6H,1H2,(H,10,11);. The van der Waals surface area contributed by atoms with E-state index in [-0.39, 0.29) is 5.91 Å².